The molecule has 0 saturated carbocycles. The number of benzene rings is 2. The number of hydrogen-bond acceptors (Lipinski definition) is 4. The van der Waals surface area contributed by atoms with Gasteiger partial charge in [0.1, 0.15) is 30.8 Å². The van der Waals surface area contributed by atoms with Crippen molar-refractivity contribution in [3.8, 4) is 11.5 Å². The molecule has 0 heterocycles. The maximum atomic E-state index is 12.3. The lowest BCUT2D eigenvalue weighted by atomic mass is 9.78. The van der Waals surface area contributed by atoms with Gasteiger partial charge in [0, 0.05) is 5.41 Å². The molecule has 2 N–H and O–H groups in total. The molecule has 0 spiro atoms. The van der Waals surface area contributed by atoms with E-state index in [-0.39, 0.29) is 23.7 Å². The van der Waals surface area contributed by atoms with E-state index in [2.05, 4.69) is 0 Å². The van der Waals surface area contributed by atoms with E-state index in [0.29, 0.717) is 5.75 Å². The molecule has 0 amide bonds. The summed E-state index contributed by atoms with van der Waals surface area (Å²) in [5.41, 5.74) is 1.56. The highest BCUT2D eigenvalue weighted by Gasteiger charge is 2.38. The van der Waals surface area contributed by atoms with Gasteiger partial charge in [-0.05, 0) is 35.4 Å². The number of halogens is 4. The van der Waals surface area contributed by atoms with E-state index in [0.717, 1.165) is 11.1 Å². The maximum absolute atomic E-state index is 12.3. The van der Waals surface area contributed by atoms with Gasteiger partial charge in [-0.25, -0.2) is 0 Å². The van der Waals surface area contributed by atoms with Gasteiger partial charge < -0.3 is 19.7 Å². The molecule has 2 rings (SSSR count). The minimum absolute atomic E-state index is 0.0972. The van der Waals surface area contributed by atoms with E-state index < -0.39 is 25.0 Å². The minimum Gasteiger partial charge on any atom is -0.491 e. The Morgan fingerprint density at radius 2 is 1.24 bits per heavy atom. The molecule has 0 aliphatic carbocycles. The molecule has 0 aliphatic heterocycles. The molecule has 2 aromatic rings. The second-order valence-electron chi connectivity index (χ2n) is 7.16. The van der Waals surface area contributed by atoms with E-state index in [1.54, 1.807) is 36.4 Å². The third kappa shape index (κ3) is 6.52. The molecule has 0 aromatic heterocycles. The molecule has 0 bridgehead atoms. The van der Waals surface area contributed by atoms with E-state index in [9.17, 15) is 18.3 Å². The lowest BCUT2D eigenvalue weighted by molar-refractivity contribution is -0.210. The number of alkyl halides is 4. The largest absolute Gasteiger partial charge is 0.491 e. The summed E-state index contributed by atoms with van der Waals surface area (Å²) in [6, 6.07) is 14.1. The van der Waals surface area contributed by atoms with Crippen molar-refractivity contribution in [1.82, 2.24) is 0 Å². The molecule has 29 heavy (non-hydrogen) atoms. The standard InChI is InChI=1S/C21H24ClF3O4/c1-20(2,14-3-7-17(8-4-14)28-12-16(26)11-22)15-5-9-18(10-6-15)29-13-19(27)21(23,24)25/h3-10,16,19,26-27H,11-13H2,1-2H3/t16-,19+/m1/s1. The fourth-order valence-electron chi connectivity index (χ4n) is 2.61. The van der Waals surface area contributed by atoms with Crippen molar-refractivity contribution >= 4 is 11.6 Å². The zero-order valence-corrected chi connectivity index (χ0v) is 16.9. The molecular formula is C21H24ClF3O4. The molecule has 0 radical (unpaired) electrons. The predicted octanol–water partition coefficient (Wildman–Crippen LogP) is 4.29. The molecule has 0 unspecified atom stereocenters. The van der Waals surface area contributed by atoms with Crippen molar-refractivity contribution in [2.24, 2.45) is 0 Å². The molecule has 160 valence electrons. The van der Waals surface area contributed by atoms with Crippen molar-refractivity contribution in [2.45, 2.75) is 37.6 Å². The average Bonchev–Trinajstić information content (AvgIpc) is 2.70. The van der Waals surface area contributed by atoms with Crippen LogP contribution in [0, 0.1) is 0 Å². The van der Waals surface area contributed by atoms with Gasteiger partial charge in [0.2, 0.25) is 0 Å². The molecule has 8 heteroatoms. The fraction of sp³-hybridized carbons (Fsp3) is 0.429. The van der Waals surface area contributed by atoms with Gasteiger partial charge in [0.25, 0.3) is 0 Å². The van der Waals surface area contributed by atoms with Crippen molar-refractivity contribution in [3.05, 3.63) is 59.7 Å². The summed E-state index contributed by atoms with van der Waals surface area (Å²) >= 11 is 5.54. The lowest BCUT2D eigenvalue weighted by Crippen LogP contribution is -2.34. The van der Waals surface area contributed by atoms with E-state index in [4.69, 9.17) is 26.2 Å². The van der Waals surface area contributed by atoms with Gasteiger partial charge in [0.15, 0.2) is 6.10 Å². The molecule has 0 aliphatic rings. The Labute approximate surface area is 172 Å². The Hall–Kier alpha value is -1.96. The van der Waals surface area contributed by atoms with Crippen molar-refractivity contribution in [3.63, 3.8) is 0 Å². The van der Waals surface area contributed by atoms with Crippen LogP contribution in [0.1, 0.15) is 25.0 Å². The summed E-state index contributed by atoms with van der Waals surface area (Å²) in [5, 5.41) is 18.4. The first-order valence-electron chi connectivity index (χ1n) is 8.99. The highest BCUT2D eigenvalue weighted by Crippen LogP contribution is 2.33. The van der Waals surface area contributed by atoms with E-state index in [1.165, 1.54) is 0 Å². The summed E-state index contributed by atoms with van der Waals surface area (Å²) in [6.07, 6.45) is -7.96. The second kappa shape index (κ2) is 9.69. The van der Waals surface area contributed by atoms with Crippen molar-refractivity contribution in [1.29, 1.82) is 0 Å². The number of hydrogen-bond donors (Lipinski definition) is 2. The predicted molar refractivity (Wildman–Crippen MR) is 105 cm³/mol. The van der Waals surface area contributed by atoms with Gasteiger partial charge in [-0.15, -0.1) is 11.6 Å². The zero-order valence-electron chi connectivity index (χ0n) is 16.1. The van der Waals surface area contributed by atoms with Gasteiger partial charge in [-0.1, -0.05) is 38.1 Å². The van der Waals surface area contributed by atoms with Crippen LogP contribution in [0.25, 0.3) is 0 Å². The summed E-state index contributed by atoms with van der Waals surface area (Å²) in [5.74, 6) is 0.954. The monoisotopic (exact) mass is 432 g/mol. The normalized spacial score (nSPS) is 14.3. The average molecular weight is 433 g/mol. The molecule has 0 saturated heterocycles. The Balaban J connectivity index is 2.03. The van der Waals surface area contributed by atoms with Crippen LogP contribution in [0.15, 0.2) is 48.5 Å². The first kappa shape index (κ1) is 23.3. The van der Waals surface area contributed by atoms with Gasteiger partial charge in [0.05, 0.1) is 5.88 Å². The molecular weight excluding hydrogens is 409 g/mol. The summed E-state index contributed by atoms with van der Waals surface area (Å²) < 4.78 is 47.5. The Bertz CT molecular complexity index is 761. The zero-order chi connectivity index (χ0) is 21.7. The van der Waals surface area contributed by atoms with Crippen LogP contribution >= 0.6 is 11.6 Å². The fourth-order valence-corrected chi connectivity index (χ4v) is 2.70. The van der Waals surface area contributed by atoms with Crippen LogP contribution < -0.4 is 9.47 Å². The van der Waals surface area contributed by atoms with Crippen LogP contribution in [-0.2, 0) is 5.41 Å². The molecule has 2 atom stereocenters. The Morgan fingerprint density at radius 3 is 1.62 bits per heavy atom. The smallest absolute Gasteiger partial charge is 0.417 e. The van der Waals surface area contributed by atoms with Crippen LogP contribution in [-0.4, -0.2) is 47.7 Å². The van der Waals surface area contributed by atoms with Crippen LogP contribution in [0.5, 0.6) is 11.5 Å². The quantitative estimate of drug-likeness (QED) is 0.580. The summed E-state index contributed by atoms with van der Waals surface area (Å²) in [4.78, 5) is 0. The lowest BCUT2D eigenvalue weighted by Gasteiger charge is -2.26. The topological polar surface area (TPSA) is 58.9 Å². The first-order valence-corrected chi connectivity index (χ1v) is 9.53. The molecule has 2 aromatic carbocycles. The van der Waals surface area contributed by atoms with Gasteiger partial charge >= 0.3 is 6.18 Å². The van der Waals surface area contributed by atoms with Gasteiger partial charge in [-0.2, -0.15) is 13.2 Å². The molecule has 0 fully saturated rings. The third-order valence-electron chi connectivity index (χ3n) is 4.56. The number of aliphatic hydroxyl groups is 2. The summed E-state index contributed by atoms with van der Waals surface area (Å²) in [6.45, 7) is 3.29. The minimum atomic E-state index is -4.71. The SMILES string of the molecule is CC(C)(c1ccc(OC[C@H](O)CCl)cc1)c1ccc(OC[C@H](O)C(F)(F)F)cc1. The van der Waals surface area contributed by atoms with Crippen LogP contribution in [0.3, 0.4) is 0 Å². The van der Waals surface area contributed by atoms with E-state index >= 15 is 0 Å². The first-order chi connectivity index (χ1) is 13.5. The number of ether oxygens (including phenoxy) is 2. The highest BCUT2D eigenvalue weighted by molar-refractivity contribution is 6.18. The number of rotatable bonds is 9. The van der Waals surface area contributed by atoms with Crippen LogP contribution in [0.2, 0.25) is 0 Å². The highest BCUT2D eigenvalue weighted by atomic mass is 35.5. The Morgan fingerprint density at radius 1 is 0.828 bits per heavy atom. The van der Waals surface area contributed by atoms with Crippen molar-refractivity contribution < 1.29 is 32.9 Å². The third-order valence-corrected chi connectivity index (χ3v) is 4.91. The molecule has 4 nitrogen and oxygen atoms in total. The summed E-state index contributed by atoms with van der Waals surface area (Å²) in [7, 11) is 0. The Kier molecular flexibility index (Phi) is 7.80. The van der Waals surface area contributed by atoms with E-state index in [1.807, 2.05) is 26.0 Å². The van der Waals surface area contributed by atoms with Gasteiger partial charge in [-0.3, -0.25) is 0 Å². The van der Waals surface area contributed by atoms with Crippen LogP contribution in [0.4, 0.5) is 13.2 Å². The maximum Gasteiger partial charge on any atom is 0.417 e. The number of aliphatic hydroxyl groups excluding tert-OH is 2. The second-order valence-corrected chi connectivity index (χ2v) is 7.47. The van der Waals surface area contributed by atoms with Crippen molar-refractivity contribution in [2.75, 3.05) is 19.1 Å².